The van der Waals surface area contributed by atoms with E-state index in [-0.39, 0.29) is 11.9 Å². The normalized spacial score (nSPS) is 25.7. The van der Waals surface area contributed by atoms with Gasteiger partial charge in [-0.2, -0.15) is 4.98 Å². The molecule has 3 atom stereocenters. The third kappa shape index (κ3) is 3.24. The molecule has 2 N–H and O–H groups in total. The van der Waals surface area contributed by atoms with E-state index in [9.17, 15) is 4.79 Å². The van der Waals surface area contributed by atoms with Crippen LogP contribution in [0.2, 0.25) is 5.15 Å². The average Bonchev–Trinajstić information content (AvgIpc) is 3.25. The van der Waals surface area contributed by atoms with E-state index >= 15 is 0 Å². The standard InChI is InChI=1S/C16H16ClN3O2S/c17-14-8-22-16(20-14)23-11-4-1-9(2-5-11)15(21)19-13-7-10-3-6-12(13)18-10/h1-2,4-5,8,10,12-13,18H,3,6-7H2,(H,19,21). The van der Waals surface area contributed by atoms with E-state index in [2.05, 4.69) is 15.6 Å². The van der Waals surface area contributed by atoms with Crippen LogP contribution in [0.1, 0.15) is 29.6 Å². The van der Waals surface area contributed by atoms with Crippen LogP contribution in [-0.4, -0.2) is 29.0 Å². The van der Waals surface area contributed by atoms with E-state index in [1.165, 1.54) is 24.4 Å². The van der Waals surface area contributed by atoms with Gasteiger partial charge in [-0.1, -0.05) is 11.6 Å². The summed E-state index contributed by atoms with van der Waals surface area (Å²) in [6, 6.07) is 8.69. The van der Waals surface area contributed by atoms with Crippen molar-refractivity contribution in [1.82, 2.24) is 15.6 Å². The lowest BCUT2D eigenvalue weighted by atomic mass is 9.95. The van der Waals surface area contributed by atoms with Gasteiger partial charge in [0.1, 0.15) is 6.26 Å². The molecule has 120 valence electrons. The zero-order valence-electron chi connectivity index (χ0n) is 12.3. The van der Waals surface area contributed by atoms with E-state index in [1.807, 2.05) is 24.3 Å². The number of halogens is 1. The van der Waals surface area contributed by atoms with Crippen LogP contribution >= 0.6 is 23.4 Å². The second-order valence-corrected chi connectivity index (χ2v) is 7.34. The number of aromatic nitrogens is 1. The van der Waals surface area contributed by atoms with E-state index in [0.29, 0.717) is 28.0 Å². The quantitative estimate of drug-likeness (QED) is 0.887. The van der Waals surface area contributed by atoms with Gasteiger partial charge in [0.2, 0.25) is 0 Å². The summed E-state index contributed by atoms with van der Waals surface area (Å²) < 4.78 is 5.20. The molecule has 3 unspecified atom stereocenters. The fraction of sp³-hybridized carbons (Fsp3) is 0.375. The van der Waals surface area contributed by atoms with Gasteiger partial charge in [-0.3, -0.25) is 4.79 Å². The Bertz CT molecular complexity index is 718. The number of benzene rings is 1. The summed E-state index contributed by atoms with van der Waals surface area (Å²) in [5, 5.41) is 7.49. The van der Waals surface area contributed by atoms with Crippen LogP contribution in [0.3, 0.4) is 0 Å². The van der Waals surface area contributed by atoms with Crippen molar-refractivity contribution in [3.05, 3.63) is 41.2 Å². The Balaban J connectivity index is 1.38. The molecular weight excluding hydrogens is 334 g/mol. The van der Waals surface area contributed by atoms with Crippen LogP contribution < -0.4 is 10.6 Å². The molecule has 23 heavy (non-hydrogen) atoms. The molecule has 1 amide bonds. The van der Waals surface area contributed by atoms with Gasteiger partial charge in [0.15, 0.2) is 5.15 Å². The zero-order valence-corrected chi connectivity index (χ0v) is 13.9. The van der Waals surface area contributed by atoms with Crippen LogP contribution in [0.25, 0.3) is 0 Å². The molecule has 1 aromatic heterocycles. The minimum absolute atomic E-state index is 0.0138. The van der Waals surface area contributed by atoms with Gasteiger partial charge >= 0.3 is 0 Å². The summed E-state index contributed by atoms with van der Waals surface area (Å²) in [4.78, 5) is 17.3. The molecule has 0 saturated carbocycles. The van der Waals surface area contributed by atoms with Crippen molar-refractivity contribution in [3.8, 4) is 0 Å². The first-order chi connectivity index (χ1) is 11.2. The highest BCUT2D eigenvalue weighted by molar-refractivity contribution is 7.99. The van der Waals surface area contributed by atoms with E-state index in [0.717, 1.165) is 17.7 Å². The number of carbonyl (C=O) groups is 1. The molecular formula is C16H16ClN3O2S. The number of hydrogen-bond donors (Lipinski definition) is 2. The highest BCUT2D eigenvalue weighted by Gasteiger charge is 2.39. The first-order valence-electron chi connectivity index (χ1n) is 7.63. The minimum atomic E-state index is -0.0138. The smallest absolute Gasteiger partial charge is 0.261 e. The molecule has 1 aromatic carbocycles. The van der Waals surface area contributed by atoms with Gasteiger partial charge in [-0.25, -0.2) is 0 Å². The summed E-state index contributed by atoms with van der Waals surface area (Å²) in [5.74, 6) is -0.0138. The zero-order chi connectivity index (χ0) is 15.8. The molecule has 5 nitrogen and oxygen atoms in total. The monoisotopic (exact) mass is 349 g/mol. The molecule has 2 aliphatic rings. The topological polar surface area (TPSA) is 67.2 Å². The van der Waals surface area contributed by atoms with E-state index < -0.39 is 0 Å². The number of carbonyl (C=O) groups excluding carboxylic acids is 1. The van der Waals surface area contributed by atoms with Crippen molar-refractivity contribution in [2.24, 2.45) is 0 Å². The predicted octanol–water partition coefficient (Wildman–Crippen LogP) is 3.10. The second kappa shape index (κ2) is 6.19. The fourth-order valence-electron chi connectivity index (χ4n) is 3.30. The minimum Gasteiger partial charge on any atom is -0.438 e. The average molecular weight is 350 g/mol. The molecule has 7 heteroatoms. The predicted molar refractivity (Wildman–Crippen MR) is 87.9 cm³/mol. The Labute approximate surface area is 143 Å². The van der Waals surface area contributed by atoms with Gasteiger partial charge in [-0.15, -0.1) is 0 Å². The van der Waals surface area contributed by atoms with Crippen molar-refractivity contribution >= 4 is 29.3 Å². The number of nitrogens with zero attached hydrogens (tertiary/aromatic N) is 1. The van der Waals surface area contributed by atoms with Gasteiger partial charge < -0.3 is 15.1 Å². The third-order valence-corrected chi connectivity index (χ3v) is 5.44. The molecule has 3 heterocycles. The number of hydrogen-bond acceptors (Lipinski definition) is 5. The second-order valence-electron chi connectivity index (χ2n) is 5.93. The molecule has 0 radical (unpaired) electrons. The molecule has 2 saturated heterocycles. The van der Waals surface area contributed by atoms with E-state index in [1.54, 1.807) is 0 Å². The maximum absolute atomic E-state index is 12.4. The molecule has 0 spiro atoms. The molecule has 0 aliphatic carbocycles. The van der Waals surface area contributed by atoms with Crippen LogP contribution in [0.4, 0.5) is 0 Å². The van der Waals surface area contributed by atoms with Crippen LogP contribution in [0, 0.1) is 0 Å². The molecule has 2 bridgehead atoms. The maximum Gasteiger partial charge on any atom is 0.261 e. The number of fused-ring (bicyclic) bond motifs is 2. The summed E-state index contributed by atoms with van der Waals surface area (Å²) in [6.07, 6.45) is 4.82. The molecule has 2 aliphatic heterocycles. The molecule has 2 aromatic rings. The molecule has 2 fully saturated rings. The van der Waals surface area contributed by atoms with Crippen LogP contribution in [0.15, 0.2) is 45.1 Å². The van der Waals surface area contributed by atoms with Gasteiger partial charge in [0.05, 0.1) is 0 Å². The maximum atomic E-state index is 12.4. The van der Waals surface area contributed by atoms with Crippen molar-refractivity contribution in [3.63, 3.8) is 0 Å². The molecule has 4 rings (SSSR count). The Morgan fingerprint density at radius 2 is 2.17 bits per heavy atom. The lowest BCUT2D eigenvalue weighted by Gasteiger charge is -2.21. The summed E-state index contributed by atoms with van der Waals surface area (Å²) >= 11 is 7.09. The Morgan fingerprint density at radius 3 is 2.78 bits per heavy atom. The van der Waals surface area contributed by atoms with Crippen LogP contribution in [-0.2, 0) is 0 Å². The number of nitrogens with one attached hydrogen (secondary N) is 2. The van der Waals surface area contributed by atoms with Crippen molar-refractivity contribution in [2.45, 2.75) is 47.5 Å². The van der Waals surface area contributed by atoms with Gasteiger partial charge in [0.25, 0.3) is 11.1 Å². The van der Waals surface area contributed by atoms with Crippen molar-refractivity contribution in [2.75, 3.05) is 0 Å². The lowest BCUT2D eigenvalue weighted by Crippen LogP contribution is -2.42. The number of oxazole rings is 1. The highest BCUT2D eigenvalue weighted by atomic mass is 35.5. The Hall–Kier alpha value is -1.50. The number of rotatable bonds is 4. The number of amides is 1. The lowest BCUT2D eigenvalue weighted by molar-refractivity contribution is 0.0931. The van der Waals surface area contributed by atoms with E-state index in [4.69, 9.17) is 16.0 Å². The first-order valence-corrected chi connectivity index (χ1v) is 8.83. The summed E-state index contributed by atoms with van der Waals surface area (Å²) in [6.45, 7) is 0. The van der Waals surface area contributed by atoms with Crippen LogP contribution in [0.5, 0.6) is 0 Å². The summed E-state index contributed by atoms with van der Waals surface area (Å²) in [5.41, 5.74) is 0.669. The van der Waals surface area contributed by atoms with Gasteiger partial charge in [-0.05, 0) is 55.3 Å². The largest absolute Gasteiger partial charge is 0.438 e. The Morgan fingerprint density at radius 1 is 1.35 bits per heavy atom. The van der Waals surface area contributed by atoms with Crippen molar-refractivity contribution in [1.29, 1.82) is 0 Å². The van der Waals surface area contributed by atoms with Gasteiger partial charge in [0, 0.05) is 28.6 Å². The SMILES string of the molecule is O=C(NC1CC2CCC1N2)c1ccc(Sc2nc(Cl)co2)cc1. The first kappa shape index (κ1) is 15.1. The Kier molecular flexibility index (Phi) is 4.05. The fourth-order valence-corrected chi connectivity index (χ4v) is 4.18. The van der Waals surface area contributed by atoms with Crippen molar-refractivity contribution < 1.29 is 9.21 Å². The summed E-state index contributed by atoms with van der Waals surface area (Å²) in [7, 11) is 0. The third-order valence-electron chi connectivity index (χ3n) is 4.39. The highest BCUT2D eigenvalue weighted by Crippen LogP contribution is 2.29.